The molecule has 0 radical (unpaired) electrons. The van der Waals surface area contributed by atoms with Crippen molar-refractivity contribution in [3.8, 4) is 50.3 Å². The maximum Gasteiger partial charge on any atom is 0.0619 e. The second-order valence-corrected chi connectivity index (χ2v) is 17.3. The molecule has 0 fully saturated rings. The Morgan fingerprint density at radius 2 is 0.968 bits per heavy atom. The summed E-state index contributed by atoms with van der Waals surface area (Å²) in [7, 11) is 0. The summed E-state index contributed by atoms with van der Waals surface area (Å²) >= 11 is 0. The Balaban J connectivity index is 1.07. The highest BCUT2D eigenvalue weighted by atomic mass is 15.1. The number of rotatable bonds is 7. The minimum Gasteiger partial charge on any atom is -0.310 e. The molecule has 1 aliphatic rings. The lowest BCUT2D eigenvalue weighted by atomic mass is 9.82. The van der Waals surface area contributed by atoms with Gasteiger partial charge < -0.3 is 9.47 Å². The summed E-state index contributed by atoms with van der Waals surface area (Å²) in [6.45, 7) is 4.72. The molecule has 0 aliphatic heterocycles. The van der Waals surface area contributed by atoms with Crippen LogP contribution in [0, 0.1) is 0 Å². The number of nitrogens with zero attached hydrogens (tertiary/aromatic N) is 2. The SMILES string of the molecule is CC1(C)c2ccccc2-c2ccc(N(c3ccc(-c4ccc5ccccc5c4)cc3)c3ccc4c(ccc5c4c(-c4ccccc4)c(-c4ccccc4)n5-c4ccccc4)c3)cc21. The predicted octanol–water partition coefficient (Wildman–Crippen LogP) is 16.7. The first-order chi connectivity index (χ1) is 31.0. The molecule has 0 N–H and O–H groups in total. The van der Waals surface area contributed by atoms with Crippen LogP contribution in [0.3, 0.4) is 0 Å². The number of hydrogen-bond acceptors (Lipinski definition) is 1. The first kappa shape index (κ1) is 36.9. The second kappa shape index (κ2) is 14.6. The van der Waals surface area contributed by atoms with E-state index in [-0.39, 0.29) is 5.41 Å². The van der Waals surface area contributed by atoms with Gasteiger partial charge in [0.25, 0.3) is 0 Å². The van der Waals surface area contributed by atoms with Crippen LogP contribution >= 0.6 is 0 Å². The highest BCUT2D eigenvalue weighted by molar-refractivity contribution is 6.19. The molecule has 0 spiro atoms. The van der Waals surface area contributed by atoms with Crippen molar-refractivity contribution in [2.75, 3.05) is 4.90 Å². The van der Waals surface area contributed by atoms with Crippen LogP contribution in [0.5, 0.6) is 0 Å². The zero-order chi connectivity index (χ0) is 42.1. The minimum absolute atomic E-state index is 0.126. The molecule has 12 rings (SSSR count). The summed E-state index contributed by atoms with van der Waals surface area (Å²) in [6, 6.07) is 84.7. The molecule has 63 heavy (non-hydrogen) atoms. The molecule has 11 aromatic rings. The first-order valence-corrected chi connectivity index (χ1v) is 21.9. The quantitative estimate of drug-likeness (QED) is 0.156. The molecule has 1 aliphatic carbocycles. The van der Waals surface area contributed by atoms with E-state index >= 15 is 0 Å². The summed E-state index contributed by atoms with van der Waals surface area (Å²) in [5, 5.41) is 6.16. The topological polar surface area (TPSA) is 8.17 Å². The van der Waals surface area contributed by atoms with Crippen molar-refractivity contribution in [3.05, 3.63) is 242 Å². The van der Waals surface area contributed by atoms with Crippen LogP contribution in [0.25, 0.3) is 82.8 Å². The molecule has 0 saturated heterocycles. The van der Waals surface area contributed by atoms with Crippen LogP contribution in [0.4, 0.5) is 17.1 Å². The summed E-state index contributed by atoms with van der Waals surface area (Å²) < 4.78 is 2.45. The van der Waals surface area contributed by atoms with Crippen molar-refractivity contribution in [1.82, 2.24) is 4.57 Å². The van der Waals surface area contributed by atoms with Crippen molar-refractivity contribution in [2.24, 2.45) is 0 Å². The summed E-state index contributed by atoms with van der Waals surface area (Å²) in [5.41, 5.74) is 18.1. The molecule has 1 aromatic heterocycles. The third kappa shape index (κ3) is 6.02. The maximum absolute atomic E-state index is 2.45. The summed E-state index contributed by atoms with van der Waals surface area (Å²) in [5.74, 6) is 0. The van der Waals surface area contributed by atoms with Crippen LogP contribution in [0.15, 0.2) is 231 Å². The Labute approximate surface area is 368 Å². The second-order valence-electron chi connectivity index (χ2n) is 17.3. The number of aromatic nitrogens is 1. The van der Waals surface area contributed by atoms with E-state index in [1.54, 1.807) is 0 Å². The number of fused-ring (bicyclic) bond motifs is 7. The lowest BCUT2D eigenvalue weighted by molar-refractivity contribution is 0.660. The lowest BCUT2D eigenvalue weighted by Gasteiger charge is -2.28. The standard InChI is InChI=1S/C61H44N2/c1-61(2)55-25-15-14-24-53(55)54-36-34-51(40-56(54)61)62(49-31-28-42(29-32-49)46-27-26-41-16-12-13-21-45(41)38-46)50-33-35-52-47(39-50)30-37-57-59(52)58(43-17-6-3-7-18-43)60(44-19-8-4-9-20-44)63(57)48-22-10-5-11-23-48/h3-40H,1-2H3. The van der Waals surface area contributed by atoms with Gasteiger partial charge >= 0.3 is 0 Å². The smallest absolute Gasteiger partial charge is 0.0619 e. The molecule has 1 heterocycles. The Morgan fingerprint density at radius 3 is 1.75 bits per heavy atom. The predicted molar refractivity (Wildman–Crippen MR) is 267 cm³/mol. The molecule has 298 valence electrons. The highest BCUT2D eigenvalue weighted by Gasteiger charge is 2.36. The average Bonchev–Trinajstić information content (AvgIpc) is 3.81. The van der Waals surface area contributed by atoms with E-state index in [2.05, 4.69) is 254 Å². The molecule has 0 atom stereocenters. The van der Waals surface area contributed by atoms with E-state index in [1.807, 2.05) is 0 Å². The third-order valence-corrected chi connectivity index (χ3v) is 13.3. The molecule has 2 nitrogen and oxygen atoms in total. The van der Waals surface area contributed by atoms with Gasteiger partial charge in [-0.2, -0.15) is 0 Å². The van der Waals surface area contributed by atoms with Gasteiger partial charge in [-0.25, -0.2) is 0 Å². The zero-order valence-electron chi connectivity index (χ0n) is 35.3. The molecular formula is C61H44N2. The number of para-hydroxylation sites is 1. The molecule has 0 amide bonds. The largest absolute Gasteiger partial charge is 0.310 e. The zero-order valence-corrected chi connectivity index (χ0v) is 35.3. The maximum atomic E-state index is 2.45. The van der Waals surface area contributed by atoms with Gasteiger partial charge in [0, 0.05) is 39.1 Å². The Hall–Kier alpha value is -7.94. The summed E-state index contributed by atoms with van der Waals surface area (Å²) in [4.78, 5) is 2.44. The van der Waals surface area contributed by atoms with Crippen LogP contribution in [0.1, 0.15) is 25.0 Å². The van der Waals surface area contributed by atoms with Gasteiger partial charge in [-0.15, -0.1) is 0 Å². The van der Waals surface area contributed by atoms with Crippen LogP contribution in [0.2, 0.25) is 0 Å². The Kier molecular flexibility index (Phi) is 8.55. The third-order valence-electron chi connectivity index (χ3n) is 13.3. The molecule has 0 saturated carbocycles. The molecule has 10 aromatic carbocycles. The van der Waals surface area contributed by atoms with Gasteiger partial charge in [0.1, 0.15) is 0 Å². The highest BCUT2D eigenvalue weighted by Crippen LogP contribution is 2.51. The molecule has 0 bridgehead atoms. The van der Waals surface area contributed by atoms with Crippen molar-refractivity contribution < 1.29 is 0 Å². The normalized spacial score (nSPS) is 12.7. The van der Waals surface area contributed by atoms with E-state index in [9.17, 15) is 0 Å². The summed E-state index contributed by atoms with van der Waals surface area (Å²) in [6.07, 6.45) is 0. The molecular weight excluding hydrogens is 761 g/mol. The van der Waals surface area contributed by atoms with Gasteiger partial charge in [-0.05, 0) is 127 Å². The van der Waals surface area contributed by atoms with E-state index in [1.165, 1.54) is 88.2 Å². The van der Waals surface area contributed by atoms with E-state index in [0.29, 0.717) is 0 Å². The van der Waals surface area contributed by atoms with E-state index in [0.717, 1.165) is 22.7 Å². The van der Waals surface area contributed by atoms with Crippen LogP contribution < -0.4 is 4.90 Å². The van der Waals surface area contributed by atoms with Crippen LogP contribution in [-0.2, 0) is 5.41 Å². The van der Waals surface area contributed by atoms with Gasteiger partial charge in [0.2, 0.25) is 0 Å². The Bertz CT molecular complexity index is 3510. The lowest BCUT2D eigenvalue weighted by Crippen LogP contribution is -2.16. The minimum atomic E-state index is -0.126. The van der Waals surface area contributed by atoms with Crippen LogP contribution in [-0.4, -0.2) is 4.57 Å². The fourth-order valence-electron chi connectivity index (χ4n) is 10.3. The molecule has 0 unspecified atom stereocenters. The van der Waals surface area contributed by atoms with Gasteiger partial charge in [-0.1, -0.05) is 184 Å². The van der Waals surface area contributed by atoms with Crippen molar-refractivity contribution in [1.29, 1.82) is 0 Å². The van der Waals surface area contributed by atoms with E-state index < -0.39 is 0 Å². The monoisotopic (exact) mass is 804 g/mol. The first-order valence-electron chi connectivity index (χ1n) is 21.9. The van der Waals surface area contributed by atoms with Gasteiger partial charge in [-0.3, -0.25) is 0 Å². The molecule has 2 heteroatoms. The number of anilines is 3. The van der Waals surface area contributed by atoms with E-state index in [4.69, 9.17) is 0 Å². The fraction of sp³-hybridized carbons (Fsp3) is 0.0492. The van der Waals surface area contributed by atoms with Crippen molar-refractivity contribution in [2.45, 2.75) is 19.3 Å². The van der Waals surface area contributed by atoms with Gasteiger partial charge in [0.15, 0.2) is 0 Å². The number of hydrogen-bond donors (Lipinski definition) is 0. The Morgan fingerprint density at radius 1 is 0.381 bits per heavy atom. The van der Waals surface area contributed by atoms with Gasteiger partial charge in [0.05, 0.1) is 11.2 Å². The van der Waals surface area contributed by atoms with Crippen molar-refractivity contribution in [3.63, 3.8) is 0 Å². The number of benzene rings is 10. The van der Waals surface area contributed by atoms with Crippen molar-refractivity contribution >= 4 is 49.5 Å². The fourth-order valence-corrected chi connectivity index (χ4v) is 10.3. The average molecular weight is 805 g/mol.